The zero-order valence-electron chi connectivity index (χ0n) is 11.9. The molecule has 2 unspecified atom stereocenters. The second-order valence-corrected chi connectivity index (χ2v) is 5.50. The molecule has 1 aromatic rings. The Hall–Kier alpha value is -1.71. The van der Waals surface area contributed by atoms with Crippen LogP contribution in [0.15, 0.2) is 18.2 Å². The largest absolute Gasteiger partial charge is 0.399 e. The van der Waals surface area contributed by atoms with Crippen molar-refractivity contribution in [3.05, 3.63) is 23.8 Å². The van der Waals surface area contributed by atoms with Gasteiger partial charge in [0, 0.05) is 25.3 Å². The summed E-state index contributed by atoms with van der Waals surface area (Å²) in [7, 11) is 0. The molecule has 4 nitrogen and oxygen atoms in total. The molecule has 0 bridgehead atoms. The highest BCUT2D eigenvalue weighted by atomic mass is 16.1. The Balaban J connectivity index is 2.33. The lowest BCUT2D eigenvalue weighted by atomic mass is 10.0. The van der Waals surface area contributed by atoms with Gasteiger partial charge in [-0.25, -0.2) is 0 Å². The predicted octanol–water partition coefficient (Wildman–Crippen LogP) is 2.11. The van der Waals surface area contributed by atoms with Crippen molar-refractivity contribution < 1.29 is 4.79 Å². The number of carbonyl (C=O) groups is 1. The van der Waals surface area contributed by atoms with Gasteiger partial charge in [0.05, 0.1) is 11.3 Å². The molecule has 2 rings (SSSR count). The highest BCUT2D eigenvalue weighted by Crippen LogP contribution is 2.31. The summed E-state index contributed by atoms with van der Waals surface area (Å²) in [6.07, 6.45) is 0. The van der Waals surface area contributed by atoms with Gasteiger partial charge in [0.2, 0.25) is 0 Å². The molecule has 4 heteroatoms. The maximum atomic E-state index is 12.1. The number of nitrogen functional groups attached to an aromatic ring is 1. The average Bonchev–Trinajstić information content (AvgIpc) is 2.69. The first-order valence-corrected chi connectivity index (χ1v) is 6.95. The molecule has 1 amide bonds. The van der Waals surface area contributed by atoms with Crippen molar-refractivity contribution >= 4 is 17.3 Å². The van der Waals surface area contributed by atoms with E-state index in [1.54, 1.807) is 6.07 Å². The predicted molar refractivity (Wildman–Crippen MR) is 79.4 cm³/mol. The van der Waals surface area contributed by atoms with Gasteiger partial charge in [-0.15, -0.1) is 0 Å². The van der Waals surface area contributed by atoms with E-state index >= 15 is 0 Å². The molecule has 19 heavy (non-hydrogen) atoms. The average molecular weight is 261 g/mol. The van der Waals surface area contributed by atoms with Crippen LogP contribution in [0.2, 0.25) is 0 Å². The molecular formula is C15H23N3O. The Kier molecular flexibility index (Phi) is 3.98. The monoisotopic (exact) mass is 261 g/mol. The van der Waals surface area contributed by atoms with Gasteiger partial charge in [0.15, 0.2) is 0 Å². The molecule has 1 aliphatic rings. The summed E-state index contributed by atoms with van der Waals surface area (Å²) in [6.45, 7) is 9.03. The molecule has 1 saturated heterocycles. The van der Waals surface area contributed by atoms with Crippen molar-refractivity contribution in [1.29, 1.82) is 0 Å². The lowest BCUT2D eigenvalue weighted by Gasteiger charge is -2.22. The standard InChI is InChI=1S/C15H23N3O/c1-4-17-15(19)13-6-5-12(16)7-14(13)18-8-10(2)11(3)9-18/h5-7,10-11H,4,8-9,16H2,1-3H3,(H,17,19). The van der Waals surface area contributed by atoms with Gasteiger partial charge in [-0.2, -0.15) is 0 Å². The summed E-state index contributed by atoms with van der Waals surface area (Å²) in [4.78, 5) is 14.4. The SMILES string of the molecule is CCNC(=O)c1ccc(N)cc1N1CC(C)C(C)C1. The summed E-state index contributed by atoms with van der Waals surface area (Å²) >= 11 is 0. The van der Waals surface area contributed by atoms with Gasteiger partial charge in [-0.1, -0.05) is 13.8 Å². The topological polar surface area (TPSA) is 58.4 Å². The molecule has 104 valence electrons. The van der Waals surface area contributed by atoms with Crippen LogP contribution in [0, 0.1) is 11.8 Å². The van der Waals surface area contributed by atoms with Gasteiger partial charge in [-0.3, -0.25) is 4.79 Å². The highest BCUT2D eigenvalue weighted by molar-refractivity contribution is 6.00. The first kappa shape index (κ1) is 13.7. The molecule has 0 spiro atoms. The Morgan fingerprint density at radius 3 is 2.58 bits per heavy atom. The van der Waals surface area contributed by atoms with Crippen LogP contribution in [0.3, 0.4) is 0 Å². The minimum Gasteiger partial charge on any atom is -0.399 e. The number of nitrogens with zero attached hydrogens (tertiary/aromatic N) is 1. The number of amides is 1. The Morgan fingerprint density at radius 2 is 2.00 bits per heavy atom. The van der Waals surface area contributed by atoms with Gasteiger partial charge >= 0.3 is 0 Å². The third-order valence-electron chi connectivity index (χ3n) is 3.93. The summed E-state index contributed by atoms with van der Waals surface area (Å²) in [5.41, 5.74) is 8.26. The number of nitrogens with one attached hydrogen (secondary N) is 1. The van der Waals surface area contributed by atoms with Crippen LogP contribution < -0.4 is 16.0 Å². The van der Waals surface area contributed by atoms with Crippen molar-refractivity contribution in [2.24, 2.45) is 11.8 Å². The quantitative estimate of drug-likeness (QED) is 0.819. The lowest BCUT2D eigenvalue weighted by molar-refractivity contribution is 0.0956. The van der Waals surface area contributed by atoms with E-state index < -0.39 is 0 Å². The van der Waals surface area contributed by atoms with Crippen molar-refractivity contribution in [2.45, 2.75) is 20.8 Å². The van der Waals surface area contributed by atoms with E-state index in [4.69, 9.17) is 5.73 Å². The molecule has 0 aliphatic carbocycles. The van der Waals surface area contributed by atoms with Gasteiger partial charge in [0.1, 0.15) is 0 Å². The minimum atomic E-state index is -0.0234. The Labute approximate surface area is 115 Å². The maximum absolute atomic E-state index is 12.1. The van der Waals surface area contributed by atoms with E-state index in [-0.39, 0.29) is 5.91 Å². The fraction of sp³-hybridized carbons (Fsp3) is 0.533. The summed E-state index contributed by atoms with van der Waals surface area (Å²) in [6, 6.07) is 5.52. The maximum Gasteiger partial charge on any atom is 0.253 e. The van der Waals surface area contributed by atoms with Crippen LogP contribution >= 0.6 is 0 Å². The van der Waals surface area contributed by atoms with Crippen molar-refractivity contribution in [3.8, 4) is 0 Å². The lowest BCUT2D eigenvalue weighted by Crippen LogP contribution is -2.28. The van der Waals surface area contributed by atoms with E-state index in [2.05, 4.69) is 24.1 Å². The number of nitrogens with two attached hydrogens (primary N) is 1. The second-order valence-electron chi connectivity index (χ2n) is 5.50. The molecule has 1 fully saturated rings. The number of rotatable bonds is 3. The van der Waals surface area contributed by atoms with Crippen LogP contribution in [0.25, 0.3) is 0 Å². The Bertz CT molecular complexity index is 462. The zero-order chi connectivity index (χ0) is 14.0. The zero-order valence-corrected chi connectivity index (χ0v) is 11.9. The summed E-state index contributed by atoms with van der Waals surface area (Å²) < 4.78 is 0. The van der Waals surface area contributed by atoms with E-state index in [9.17, 15) is 4.79 Å². The number of benzene rings is 1. The summed E-state index contributed by atoms with van der Waals surface area (Å²) in [5.74, 6) is 1.26. The van der Waals surface area contributed by atoms with Crippen molar-refractivity contribution in [3.63, 3.8) is 0 Å². The number of anilines is 2. The fourth-order valence-corrected chi connectivity index (χ4v) is 2.58. The first-order valence-electron chi connectivity index (χ1n) is 6.95. The number of carbonyl (C=O) groups excluding carboxylic acids is 1. The third kappa shape index (κ3) is 2.83. The smallest absolute Gasteiger partial charge is 0.253 e. The van der Waals surface area contributed by atoms with E-state index in [1.165, 1.54) is 0 Å². The molecule has 0 radical (unpaired) electrons. The van der Waals surface area contributed by atoms with Gasteiger partial charge in [0.25, 0.3) is 5.91 Å². The van der Waals surface area contributed by atoms with Crippen LogP contribution in [0.1, 0.15) is 31.1 Å². The summed E-state index contributed by atoms with van der Waals surface area (Å²) in [5, 5.41) is 2.86. The first-order chi connectivity index (χ1) is 9.02. The number of hydrogen-bond donors (Lipinski definition) is 2. The van der Waals surface area contributed by atoms with Crippen molar-refractivity contribution in [1.82, 2.24) is 5.32 Å². The van der Waals surface area contributed by atoms with Crippen LogP contribution in [0.5, 0.6) is 0 Å². The van der Waals surface area contributed by atoms with Crippen molar-refractivity contribution in [2.75, 3.05) is 30.3 Å². The van der Waals surface area contributed by atoms with E-state index in [0.717, 1.165) is 24.3 Å². The van der Waals surface area contributed by atoms with Gasteiger partial charge < -0.3 is 16.0 Å². The number of hydrogen-bond acceptors (Lipinski definition) is 3. The van der Waals surface area contributed by atoms with Crippen LogP contribution in [0.4, 0.5) is 11.4 Å². The van der Waals surface area contributed by atoms with Crippen LogP contribution in [-0.4, -0.2) is 25.5 Å². The highest BCUT2D eigenvalue weighted by Gasteiger charge is 2.28. The molecule has 1 heterocycles. The molecule has 2 atom stereocenters. The normalized spacial score (nSPS) is 22.6. The Morgan fingerprint density at radius 1 is 1.37 bits per heavy atom. The third-order valence-corrected chi connectivity index (χ3v) is 3.93. The molecule has 1 aromatic carbocycles. The van der Waals surface area contributed by atoms with Gasteiger partial charge in [-0.05, 0) is 37.0 Å². The molecular weight excluding hydrogens is 238 g/mol. The van der Waals surface area contributed by atoms with Crippen LogP contribution in [-0.2, 0) is 0 Å². The molecule has 0 saturated carbocycles. The molecule has 3 N–H and O–H groups in total. The fourth-order valence-electron chi connectivity index (χ4n) is 2.58. The van der Waals surface area contributed by atoms with E-state index in [1.807, 2.05) is 19.1 Å². The second kappa shape index (κ2) is 5.51. The molecule has 0 aromatic heterocycles. The molecule has 1 aliphatic heterocycles. The van der Waals surface area contributed by atoms with E-state index in [0.29, 0.717) is 24.1 Å². The minimum absolute atomic E-state index is 0.0234.